The van der Waals surface area contributed by atoms with Crippen LogP contribution in [0.3, 0.4) is 0 Å². The number of nitrogens with zero attached hydrogens (tertiary/aromatic N) is 2. The number of rotatable bonds is 20. The van der Waals surface area contributed by atoms with Crippen LogP contribution in [0.5, 0.6) is 0 Å². The van der Waals surface area contributed by atoms with Crippen LogP contribution in [0, 0.1) is 0 Å². The normalized spacial score (nSPS) is 14.4. The highest BCUT2D eigenvalue weighted by Gasteiger charge is 2.28. The highest BCUT2D eigenvalue weighted by Crippen LogP contribution is 2.13. The van der Waals surface area contributed by atoms with Gasteiger partial charge in [-0.25, -0.2) is 0 Å². The average molecular weight is 419 g/mol. The smallest absolute Gasteiger partial charge is 0.242 e. The summed E-state index contributed by atoms with van der Waals surface area (Å²) in [6, 6.07) is 0. The number of hydrogen-bond acceptors (Lipinski definition) is 2. The van der Waals surface area contributed by atoms with Crippen LogP contribution < -0.4 is 0 Å². The average Bonchev–Trinajstić information content (AvgIpc) is 2.74. The fourth-order valence-electron chi connectivity index (χ4n) is 4.06. The third-order valence-electron chi connectivity index (χ3n) is 6.03. The first-order valence-corrected chi connectivity index (χ1v) is 12.5. The van der Waals surface area contributed by atoms with Crippen molar-refractivity contribution in [2.45, 2.75) is 103 Å². The maximum Gasteiger partial charge on any atom is 0.242 e. The highest BCUT2D eigenvalue weighted by atomic mass is 16.2. The van der Waals surface area contributed by atoms with Gasteiger partial charge in [0, 0.05) is 13.1 Å². The number of carbonyl (C=O) groups excluding carboxylic acids is 2. The molecule has 2 amide bonds. The van der Waals surface area contributed by atoms with Crippen LogP contribution >= 0.6 is 0 Å². The van der Waals surface area contributed by atoms with E-state index in [1.807, 2.05) is 12.2 Å². The van der Waals surface area contributed by atoms with E-state index in [4.69, 9.17) is 0 Å². The van der Waals surface area contributed by atoms with Gasteiger partial charge in [-0.2, -0.15) is 0 Å². The minimum absolute atomic E-state index is 0.126. The van der Waals surface area contributed by atoms with Gasteiger partial charge in [0.05, 0.1) is 13.1 Å². The van der Waals surface area contributed by atoms with Gasteiger partial charge in [-0.05, 0) is 38.5 Å². The van der Waals surface area contributed by atoms with Crippen molar-refractivity contribution in [2.24, 2.45) is 0 Å². The molecule has 1 fully saturated rings. The molecule has 172 valence electrons. The quantitative estimate of drug-likeness (QED) is 0.173. The minimum Gasteiger partial charge on any atom is -0.332 e. The first-order chi connectivity index (χ1) is 14.7. The lowest BCUT2D eigenvalue weighted by molar-refractivity contribution is -0.150. The lowest BCUT2D eigenvalue weighted by atomic mass is 10.1. The van der Waals surface area contributed by atoms with Crippen LogP contribution in [0.4, 0.5) is 0 Å². The van der Waals surface area contributed by atoms with Crippen molar-refractivity contribution in [1.82, 2.24) is 9.80 Å². The van der Waals surface area contributed by atoms with E-state index in [0.717, 1.165) is 51.6 Å². The van der Waals surface area contributed by atoms with Gasteiger partial charge < -0.3 is 9.80 Å². The number of allylic oxidation sites excluding steroid dienone is 2. The second-order valence-electron chi connectivity index (χ2n) is 8.74. The monoisotopic (exact) mass is 418 g/mol. The molecule has 1 saturated heterocycles. The van der Waals surface area contributed by atoms with E-state index in [1.165, 1.54) is 64.2 Å². The third kappa shape index (κ3) is 12.9. The molecule has 0 bridgehead atoms. The molecule has 0 aliphatic carbocycles. The molecule has 0 N–H and O–H groups in total. The zero-order valence-corrected chi connectivity index (χ0v) is 19.4. The lowest BCUT2D eigenvalue weighted by Crippen LogP contribution is -2.54. The Kier molecular flexibility index (Phi) is 16.1. The number of amides is 2. The summed E-state index contributed by atoms with van der Waals surface area (Å²) < 4.78 is 0. The summed E-state index contributed by atoms with van der Waals surface area (Å²) in [6.07, 6.45) is 23.2. The minimum atomic E-state index is 0.126. The fraction of sp³-hybridized carbons (Fsp3) is 0.769. The second kappa shape index (κ2) is 18.2. The molecule has 0 unspecified atom stereocenters. The van der Waals surface area contributed by atoms with Gasteiger partial charge in [-0.15, -0.1) is 13.2 Å². The van der Waals surface area contributed by atoms with Gasteiger partial charge >= 0.3 is 0 Å². The van der Waals surface area contributed by atoms with E-state index in [1.54, 1.807) is 9.80 Å². The summed E-state index contributed by atoms with van der Waals surface area (Å²) in [6.45, 7) is 9.54. The molecule has 1 aliphatic rings. The van der Waals surface area contributed by atoms with E-state index in [9.17, 15) is 9.59 Å². The molecule has 1 heterocycles. The molecule has 0 spiro atoms. The van der Waals surface area contributed by atoms with Gasteiger partial charge in [0.15, 0.2) is 0 Å². The van der Waals surface area contributed by atoms with Gasteiger partial charge in [0.1, 0.15) is 0 Å². The molecular formula is C26H46N2O2. The first-order valence-electron chi connectivity index (χ1n) is 12.5. The van der Waals surface area contributed by atoms with Gasteiger partial charge in [0.25, 0.3) is 0 Å². The van der Waals surface area contributed by atoms with Crippen molar-refractivity contribution < 1.29 is 9.59 Å². The first kappa shape index (κ1) is 26.5. The Hall–Kier alpha value is -1.58. The van der Waals surface area contributed by atoms with Crippen molar-refractivity contribution in [2.75, 3.05) is 26.2 Å². The van der Waals surface area contributed by atoms with Crippen LogP contribution in [0.25, 0.3) is 0 Å². The van der Waals surface area contributed by atoms with Gasteiger partial charge in [0.2, 0.25) is 11.8 Å². The predicted octanol–water partition coefficient (Wildman–Crippen LogP) is 6.27. The number of piperazine rings is 1. The van der Waals surface area contributed by atoms with Gasteiger partial charge in [-0.3, -0.25) is 9.59 Å². The fourth-order valence-corrected chi connectivity index (χ4v) is 4.06. The maximum atomic E-state index is 12.4. The van der Waals surface area contributed by atoms with Crippen molar-refractivity contribution >= 4 is 11.8 Å². The Balaban J connectivity index is 2.03. The zero-order valence-electron chi connectivity index (χ0n) is 19.4. The zero-order chi connectivity index (χ0) is 21.9. The van der Waals surface area contributed by atoms with Crippen molar-refractivity contribution in [3.05, 3.63) is 25.3 Å². The van der Waals surface area contributed by atoms with Crippen LogP contribution in [-0.4, -0.2) is 47.8 Å². The molecular weight excluding hydrogens is 372 g/mol. The molecule has 0 aromatic rings. The van der Waals surface area contributed by atoms with Crippen LogP contribution in [0.1, 0.15) is 103 Å². The molecule has 4 heteroatoms. The molecule has 0 atom stereocenters. The number of hydrogen-bond donors (Lipinski definition) is 0. The van der Waals surface area contributed by atoms with E-state index in [2.05, 4.69) is 13.2 Å². The van der Waals surface area contributed by atoms with Crippen LogP contribution in [-0.2, 0) is 9.59 Å². The Bertz CT molecular complexity index is 445. The summed E-state index contributed by atoms with van der Waals surface area (Å²) in [5, 5.41) is 0. The summed E-state index contributed by atoms with van der Waals surface area (Å²) in [4.78, 5) is 28.3. The molecule has 4 nitrogen and oxygen atoms in total. The Morgan fingerprint density at radius 2 is 0.833 bits per heavy atom. The predicted molar refractivity (Wildman–Crippen MR) is 127 cm³/mol. The second-order valence-corrected chi connectivity index (χ2v) is 8.74. The molecule has 0 aromatic carbocycles. The Morgan fingerprint density at radius 3 is 1.17 bits per heavy atom. The lowest BCUT2D eigenvalue weighted by Gasteiger charge is -2.34. The van der Waals surface area contributed by atoms with Crippen molar-refractivity contribution in [1.29, 1.82) is 0 Å². The SMILES string of the molecule is C=CCCCCCCCCCN1CC(=O)N(CCCCCCCCCC=C)CC1=O. The number of unbranched alkanes of at least 4 members (excludes halogenated alkanes) is 14. The van der Waals surface area contributed by atoms with E-state index in [0.29, 0.717) is 0 Å². The summed E-state index contributed by atoms with van der Waals surface area (Å²) in [7, 11) is 0. The standard InChI is InChI=1S/C26H46N2O2/c1-3-5-7-9-11-13-15-17-19-21-27-23-26(30)28(24-25(27)29)22-20-18-16-14-12-10-8-6-4-2/h3-4H,1-2,5-24H2. The molecule has 0 radical (unpaired) electrons. The topological polar surface area (TPSA) is 40.6 Å². The third-order valence-corrected chi connectivity index (χ3v) is 6.03. The van der Waals surface area contributed by atoms with Crippen LogP contribution in [0.15, 0.2) is 25.3 Å². The molecule has 0 saturated carbocycles. The van der Waals surface area contributed by atoms with E-state index in [-0.39, 0.29) is 24.9 Å². The summed E-state index contributed by atoms with van der Waals surface area (Å²) in [5.74, 6) is 0.252. The summed E-state index contributed by atoms with van der Waals surface area (Å²) >= 11 is 0. The maximum absolute atomic E-state index is 12.4. The Morgan fingerprint density at radius 1 is 0.533 bits per heavy atom. The number of carbonyl (C=O) groups is 2. The largest absolute Gasteiger partial charge is 0.332 e. The van der Waals surface area contributed by atoms with Crippen LogP contribution in [0.2, 0.25) is 0 Å². The molecule has 1 aliphatic heterocycles. The van der Waals surface area contributed by atoms with Crippen molar-refractivity contribution in [3.8, 4) is 0 Å². The highest BCUT2D eigenvalue weighted by molar-refractivity contribution is 5.92. The summed E-state index contributed by atoms with van der Waals surface area (Å²) in [5.41, 5.74) is 0. The van der Waals surface area contributed by atoms with E-state index >= 15 is 0 Å². The molecule has 0 aromatic heterocycles. The van der Waals surface area contributed by atoms with Crippen molar-refractivity contribution in [3.63, 3.8) is 0 Å². The van der Waals surface area contributed by atoms with E-state index < -0.39 is 0 Å². The molecule has 1 rings (SSSR count). The van der Waals surface area contributed by atoms with Gasteiger partial charge in [-0.1, -0.05) is 76.4 Å². The molecule has 30 heavy (non-hydrogen) atoms. The Labute approximate surface area is 185 Å².